The summed E-state index contributed by atoms with van der Waals surface area (Å²) in [7, 11) is 0. The summed E-state index contributed by atoms with van der Waals surface area (Å²) in [6, 6.07) is 7.08. The van der Waals surface area contributed by atoms with Crippen molar-refractivity contribution in [3.63, 3.8) is 0 Å². The van der Waals surface area contributed by atoms with E-state index in [2.05, 4.69) is 16.7 Å². The van der Waals surface area contributed by atoms with E-state index in [-0.39, 0.29) is 44.3 Å². The zero-order valence-corrected chi connectivity index (χ0v) is 22.1. The summed E-state index contributed by atoms with van der Waals surface area (Å²) in [5, 5.41) is 25.6. The van der Waals surface area contributed by atoms with Gasteiger partial charge in [0.25, 0.3) is 0 Å². The van der Waals surface area contributed by atoms with Crippen molar-refractivity contribution in [3.8, 4) is 11.8 Å². The molecule has 2 aliphatic heterocycles. The number of aliphatic hydroxyl groups is 1. The van der Waals surface area contributed by atoms with Crippen molar-refractivity contribution in [1.82, 2.24) is 15.5 Å². The first-order chi connectivity index (χ1) is 18.3. The topological polar surface area (TPSA) is 152 Å². The van der Waals surface area contributed by atoms with E-state index in [0.717, 1.165) is 5.56 Å². The van der Waals surface area contributed by atoms with Crippen molar-refractivity contribution in [2.24, 2.45) is 0 Å². The molecule has 0 aromatic heterocycles. The molecule has 0 aliphatic carbocycles. The van der Waals surface area contributed by atoms with Crippen molar-refractivity contribution in [3.05, 3.63) is 29.3 Å². The molecule has 12 nitrogen and oxygen atoms in total. The van der Waals surface area contributed by atoms with Crippen LogP contribution in [0.2, 0.25) is 0 Å². The number of nitrogens with zero attached hydrogens (tertiary/aromatic N) is 2. The van der Waals surface area contributed by atoms with E-state index in [1.54, 1.807) is 23.1 Å². The van der Waals surface area contributed by atoms with Gasteiger partial charge in [-0.25, -0.2) is 4.79 Å². The van der Waals surface area contributed by atoms with Gasteiger partial charge in [0, 0.05) is 39.1 Å². The minimum Gasteiger partial charge on any atom is -0.489 e. The number of nitriles is 1. The van der Waals surface area contributed by atoms with Crippen LogP contribution in [0.15, 0.2) is 18.2 Å². The van der Waals surface area contributed by atoms with Crippen molar-refractivity contribution in [2.45, 2.75) is 44.7 Å². The lowest BCUT2D eigenvalue weighted by Gasteiger charge is -2.27. The van der Waals surface area contributed by atoms with Crippen LogP contribution in [0.3, 0.4) is 0 Å². The van der Waals surface area contributed by atoms with E-state index in [1.807, 2.05) is 13.8 Å². The van der Waals surface area contributed by atoms with Crippen LogP contribution in [0.1, 0.15) is 31.4 Å². The molecule has 2 amide bonds. The summed E-state index contributed by atoms with van der Waals surface area (Å²) in [4.78, 5) is 25.8. The summed E-state index contributed by atoms with van der Waals surface area (Å²) in [6.07, 6.45) is -0.497. The number of ether oxygens (including phenoxy) is 5. The first-order valence-electron chi connectivity index (χ1n) is 12.9. The smallest absolute Gasteiger partial charge is 0.317 e. The van der Waals surface area contributed by atoms with Gasteiger partial charge in [-0.05, 0) is 38.0 Å². The second-order valence-electron chi connectivity index (χ2n) is 9.58. The molecule has 3 N–H and O–H groups in total. The van der Waals surface area contributed by atoms with Crippen molar-refractivity contribution < 1.29 is 38.4 Å². The highest BCUT2D eigenvalue weighted by molar-refractivity contribution is 5.74. The van der Waals surface area contributed by atoms with Gasteiger partial charge in [-0.15, -0.1) is 0 Å². The average molecular weight is 535 g/mol. The molecular formula is C26H38N4O8. The van der Waals surface area contributed by atoms with Crippen molar-refractivity contribution in [2.75, 3.05) is 65.8 Å². The van der Waals surface area contributed by atoms with E-state index in [0.29, 0.717) is 63.7 Å². The third-order valence-corrected chi connectivity index (χ3v) is 5.97. The number of aryl methyl sites for hydroxylation is 1. The zero-order valence-electron chi connectivity index (χ0n) is 22.1. The van der Waals surface area contributed by atoms with Gasteiger partial charge >= 0.3 is 12.0 Å². The van der Waals surface area contributed by atoms with Crippen molar-refractivity contribution in [1.29, 1.82) is 5.26 Å². The Balaban J connectivity index is 1.30. The minimum atomic E-state index is -0.800. The van der Waals surface area contributed by atoms with E-state index < -0.39 is 11.9 Å². The predicted octanol–water partition coefficient (Wildman–Crippen LogP) is 0.557. The number of morpholine rings is 1. The molecule has 0 radical (unpaired) electrons. The highest BCUT2D eigenvalue weighted by Gasteiger charge is 2.33. The Kier molecular flexibility index (Phi) is 11.6. The molecule has 38 heavy (non-hydrogen) atoms. The number of urea groups is 1. The molecule has 12 heteroatoms. The maximum absolute atomic E-state index is 12.1. The molecule has 2 unspecified atom stereocenters. The van der Waals surface area contributed by atoms with E-state index in [9.17, 15) is 20.0 Å². The number of carbonyl (C=O) groups is 2. The zero-order chi connectivity index (χ0) is 27.4. The molecular weight excluding hydrogens is 496 g/mol. The predicted molar refractivity (Wildman–Crippen MR) is 136 cm³/mol. The molecule has 2 heterocycles. The molecule has 0 bridgehead atoms. The van der Waals surface area contributed by atoms with Gasteiger partial charge in [0.15, 0.2) is 5.79 Å². The fourth-order valence-corrected chi connectivity index (χ4v) is 3.95. The van der Waals surface area contributed by atoms with Gasteiger partial charge in [-0.1, -0.05) is 6.07 Å². The second-order valence-corrected chi connectivity index (χ2v) is 9.58. The third-order valence-electron chi connectivity index (χ3n) is 5.97. The molecule has 2 fully saturated rings. The molecule has 2 atom stereocenters. The monoisotopic (exact) mass is 534 g/mol. The number of hydrogen-bond donors (Lipinski definition) is 3. The maximum atomic E-state index is 12.1. The fourth-order valence-electron chi connectivity index (χ4n) is 3.95. The lowest BCUT2D eigenvalue weighted by atomic mass is 10.1. The van der Waals surface area contributed by atoms with Crippen LogP contribution in [-0.4, -0.2) is 106 Å². The molecule has 2 aliphatic rings. The Bertz CT molecular complexity index is 961. The van der Waals surface area contributed by atoms with Crippen LogP contribution in [0.4, 0.5) is 4.79 Å². The molecule has 2 saturated heterocycles. The van der Waals surface area contributed by atoms with Gasteiger partial charge in [0.1, 0.15) is 37.2 Å². The number of nitrogens with one attached hydrogen (secondary N) is 2. The standard InChI is InChI=1S/C26H38N4O8/c1-26(2)37-18-22(38-26)17-36-24(32)6-4-19-3-5-23(20(13-19)14-27)35-16-21(31)15-28-7-8-29-25(33)30-9-11-34-12-10-30/h3,5,13,21-22,28,31H,4,6-12,15-18H2,1-2H3,(H,29,33). The number of hydrogen-bond acceptors (Lipinski definition) is 10. The normalized spacial score (nSPS) is 19.4. The SMILES string of the molecule is CC1(C)OCC(COC(=O)CCc2ccc(OCC(O)CNCCNC(=O)N3CCOCC3)c(C#N)c2)O1. The van der Waals surface area contributed by atoms with Gasteiger partial charge in [0.2, 0.25) is 0 Å². The van der Waals surface area contributed by atoms with Gasteiger partial charge in [-0.2, -0.15) is 5.26 Å². The molecule has 0 spiro atoms. The first-order valence-corrected chi connectivity index (χ1v) is 12.9. The summed E-state index contributed by atoms with van der Waals surface area (Å²) in [6.45, 7) is 7.59. The van der Waals surface area contributed by atoms with Crippen LogP contribution in [-0.2, 0) is 30.2 Å². The Morgan fingerprint density at radius 3 is 2.79 bits per heavy atom. The quantitative estimate of drug-likeness (QED) is 0.242. The highest BCUT2D eigenvalue weighted by atomic mass is 16.7. The van der Waals surface area contributed by atoms with E-state index in [4.69, 9.17) is 23.7 Å². The van der Waals surface area contributed by atoms with Crippen LogP contribution in [0.25, 0.3) is 0 Å². The van der Waals surface area contributed by atoms with Crippen LogP contribution in [0, 0.1) is 11.3 Å². The average Bonchev–Trinajstić information content (AvgIpc) is 3.28. The van der Waals surface area contributed by atoms with Gasteiger partial charge < -0.3 is 44.3 Å². The summed E-state index contributed by atoms with van der Waals surface area (Å²) >= 11 is 0. The number of aliphatic hydroxyl groups excluding tert-OH is 1. The Hall–Kier alpha value is -2.95. The van der Waals surface area contributed by atoms with Crippen LogP contribution >= 0.6 is 0 Å². The lowest BCUT2D eigenvalue weighted by molar-refractivity contribution is -0.158. The Morgan fingerprint density at radius 1 is 1.29 bits per heavy atom. The number of esters is 1. The highest BCUT2D eigenvalue weighted by Crippen LogP contribution is 2.23. The first kappa shape index (κ1) is 29.6. The number of benzene rings is 1. The number of carbonyl (C=O) groups excluding carboxylic acids is 2. The molecule has 1 aromatic carbocycles. The van der Waals surface area contributed by atoms with Crippen molar-refractivity contribution >= 4 is 12.0 Å². The molecule has 210 valence electrons. The Labute approximate surface area is 223 Å². The molecule has 0 saturated carbocycles. The lowest BCUT2D eigenvalue weighted by Crippen LogP contribution is -2.47. The summed E-state index contributed by atoms with van der Waals surface area (Å²) < 4.78 is 27.2. The maximum Gasteiger partial charge on any atom is 0.317 e. The third kappa shape index (κ3) is 10.1. The van der Waals surface area contributed by atoms with E-state index >= 15 is 0 Å². The summed E-state index contributed by atoms with van der Waals surface area (Å²) in [5.74, 6) is -0.659. The largest absolute Gasteiger partial charge is 0.489 e. The van der Waals surface area contributed by atoms with E-state index in [1.165, 1.54) is 0 Å². The minimum absolute atomic E-state index is 0.00273. The van der Waals surface area contributed by atoms with Gasteiger partial charge in [0.05, 0.1) is 25.4 Å². The Morgan fingerprint density at radius 2 is 2.08 bits per heavy atom. The van der Waals surface area contributed by atoms with Crippen LogP contribution in [0.5, 0.6) is 5.75 Å². The second kappa shape index (κ2) is 14.8. The number of rotatable bonds is 13. The van der Waals surface area contributed by atoms with Crippen LogP contribution < -0.4 is 15.4 Å². The summed E-state index contributed by atoms with van der Waals surface area (Å²) in [5.41, 5.74) is 1.12. The van der Waals surface area contributed by atoms with Gasteiger partial charge in [-0.3, -0.25) is 4.79 Å². The molecule has 3 rings (SSSR count). The fraction of sp³-hybridized carbons (Fsp3) is 0.654. The molecule has 1 aromatic rings. The number of amides is 2.